The molecule has 1 amide bonds. The Morgan fingerprint density at radius 1 is 0.711 bits per heavy atom. The van der Waals surface area contributed by atoms with Crippen molar-refractivity contribution in [1.82, 2.24) is 39.9 Å². The van der Waals surface area contributed by atoms with E-state index in [-0.39, 0.29) is 56.7 Å². The Labute approximate surface area is 255 Å². The summed E-state index contributed by atoms with van der Waals surface area (Å²) in [6.45, 7) is 5.01. The molecule has 0 radical (unpaired) electrons. The first kappa shape index (κ1) is 30.3. The number of para-hydroxylation sites is 2. The van der Waals surface area contributed by atoms with E-state index in [1.807, 2.05) is 13.8 Å². The van der Waals surface area contributed by atoms with Crippen molar-refractivity contribution in [3.8, 4) is 45.6 Å². The molecule has 45 heavy (non-hydrogen) atoms. The van der Waals surface area contributed by atoms with Crippen molar-refractivity contribution in [3.05, 3.63) is 77.6 Å². The molecule has 5 rings (SSSR count). The van der Waals surface area contributed by atoms with Gasteiger partial charge in [-0.3, -0.25) is 4.79 Å². The van der Waals surface area contributed by atoms with Crippen LogP contribution in [0.1, 0.15) is 57.8 Å². The lowest BCUT2D eigenvalue weighted by atomic mass is 10.1. The number of hydrogen-bond acceptors (Lipinski definition) is 10. The highest BCUT2D eigenvalue weighted by Crippen LogP contribution is 2.30. The van der Waals surface area contributed by atoms with Crippen LogP contribution >= 0.6 is 0 Å². The van der Waals surface area contributed by atoms with E-state index in [0.717, 1.165) is 12.8 Å². The first-order valence-electron chi connectivity index (χ1n) is 13.9. The fourth-order valence-corrected chi connectivity index (χ4v) is 4.73. The fraction of sp³-hybridized carbons (Fsp3) is 0.200. The van der Waals surface area contributed by atoms with Gasteiger partial charge in [0.05, 0.1) is 23.8 Å². The number of phenols is 2. The number of pyridine rings is 1. The standard InChI is InChI=1S/C30H28N8O7/c1-3-11-36(12-4-2)28(41)17-13-20(22-15-37(34-32-22)24-9-5-7-18(26(24)39)29(42)43)31-21(14-17)23-16-38(35-33-23)25-10-6-8-19(27(25)40)30(44)45/h5-10,13-16,39-40H,3-4,11-12H2,1-2H3,(H,42,43)(H,44,45). The molecule has 0 atom stereocenters. The number of carboxylic acid groups (broad SMARTS) is 2. The van der Waals surface area contributed by atoms with Crippen LogP contribution in [0.2, 0.25) is 0 Å². The van der Waals surface area contributed by atoms with Gasteiger partial charge in [-0.05, 0) is 49.2 Å². The van der Waals surface area contributed by atoms with Gasteiger partial charge in [0.1, 0.15) is 33.9 Å². The summed E-state index contributed by atoms with van der Waals surface area (Å²) in [7, 11) is 0. The lowest BCUT2D eigenvalue weighted by Crippen LogP contribution is -2.32. The van der Waals surface area contributed by atoms with Gasteiger partial charge in [-0.15, -0.1) is 10.2 Å². The zero-order valence-electron chi connectivity index (χ0n) is 24.2. The fourth-order valence-electron chi connectivity index (χ4n) is 4.73. The quantitative estimate of drug-likeness (QED) is 0.168. The molecule has 0 bridgehead atoms. The number of aromatic nitrogens is 7. The molecule has 0 unspecified atom stereocenters. The Bertz CT molecular complexity index is 1790. The number of carbonyl (C=O) groups excluding carboxylic acids is 1. The number of benzene rings is 2. The highest BCUT2D eigenvalue weighted by molar-refractivity contribution is 5.96. The molecule has 0 aliphatic rings. The van der Waals surface area contributed by atoms with Gasteiger partial charge in [0.25, 0.3) is 5.91 Å². The van der Waals surface area contributed by atoms with Gasteiger partial charge < -0.3 is 25.3 Å². The van der Waals surface area contributed by atoms with E-state index in [9.17, 15) is 34.8 Å². The highest BCUT2D eigenvalue weighted by Gasteiger charge is 2.22. The summed E-state index contributed by atoms with van der Waals surface area (Å²) >= 11 is 0. The van der Waals surface area contributed by atoms with E-state index in [2.05, 4.69) is 25.6 Å². The minimum atomic E-state index is -1.31. The van der Waals surface area contributed by atoms with Crippen molar-refractivity contribution >= 4 is 17.8 Å². The maximum atomic E-state index is 13.7. The van der Waals surface area contributed by atoms with Crippen molar-refractivity contribution in [2.75, 3.05) is 13.1 Å². The summed E-state index contributed by atoms with van der Waals surface area (Å²) in [6, 6.07) is 11.5. The average molecular weight is 613 g/mol. The monoisotopic (exact) mass is 612 g/mol. The summed E-state index contributed by atoms with van der Waals surface area (Å²) in [5.74, 6) is -3.87. The molecule has 2 aromatic carbocycles. The summed E-state index contributed by atoms with van der Waals surface area (Å²) in [5, 5.41) is 56.2. The van der Waals surface area contributed by atoms with Crippen LogP contribution in [-0.4, -0.2) is 91.2 Å². The predicted molar refractivity (Wildman–Crippen MR) is 159 cm³/mol. The van der Waals surface area contributed by atoms with Crippen LogP contribution in [0.25, 0.3) is 34.2 Å². The molecule has 0 aliphatic heterocycles. The lowest BCUT2D eigenvalue weighted by molar-refractivity contribution is 0.0682. The number of aromatic hydroxyl groups is 2. The van der Waals surface area contributed by atoms with Gasteiger partial charge in [0, 0.05) is 18.7 Å². The van der Waals surface area contributed by atoms with E-state index < -0.39 is 23.4 Å². The third-order valence-corrected chi connectivity index (χ3v) is 6.84. The van der Waals surface area contributed by atoms with Crippen LogP contribution in [0.3, 0.4) is 0 Å². The second-order valence-electron chi connectivity index (χ2n) is 9.97. The Morgan fingerprint density at radius 3 is 1.56 bits per heavy atom. The average Bonchev–Trinajstić information content (AvgIpc) is 3.71. The predicted octanol–water partition coefficient (Wildman–Crippen LogP) is 3.65. The Kier molecular flexibility index (Phi) is 8.51. The van der Waals surface area contributed by atoms with Gasteiger partial charge in [0.15, 0.2) is 11.5 Å². The van der Waals surface area contributed by atoms with E-state index >= 15 is 0 Å². The largest absolute Gasteiger partial charge is 0.505 e. The number of carbonyl (C=O) groups is 3. The third kappa shape index (κ3) is 6.04. The normalized spacial score (nSPS) is 11.0. The SMILES string of the molecule is CCCN(CCC)C(=O)c1cc(-c2cn(-c3cccc(C(=O)O)c3O)nn2)nc(-c2cn(-c3cccc(C(=O)O)c3O)nn2)c1. The number of hydrogen-bond donors (Lipinski definition) is 4. The molecular formula is C30H28N8O7. The summed E-state index contributed by atoms with van der Waals surface area (Å²) in [4.78, 5) is 43.1. The highest BCUT2D eigenvalue weighted by atomic mass is 16.4. The molecule has 4 N–H and O–H groups in total. The molecule has 0 aliphatic carbocycles. The summed E-state index contributed by atoms with van der Waals surface area (Å²) in [5.41, 5.74) is 0.690. The summed E-state index contributed by atoms with van der Waals surface area (Å²) in [6.07, 6.45) is 4.36. The first-order chi connectivity index (χ1) is 21.6. The second kappa shape index (κ2) is 12.6. The maximum absolute atomic E-state index is 13.7. The van der Waals surface area contributed by atoms with Crippen LogP contribution in [0, 0.1) is 0 Å². The van der Waals surface area contributed by atoms with Crippen molar-refractivity contribution in [2.45, 2.75) is 26.7 Å². The third-order valence-electron chi connectivity index (χ3n) is 6.84. The van der Waals surface area contributed by atoms with Crippen molar-refractivity contribution in [3.63, 3.8) is 0 Å². The maximum Gasteiger partial charge on any atom is 0.339 e. The molecule has 3 aromatic heterocycles. The number of carboxylic acids is 2. The van der Waals surface area contributed by atoms with Gasteiger partial charge >= 0.3 is 11.9 Å². The smallest absolute Gasteiger partial charge is 0.339 e. The molecule has 0 fully saturated rings. The first-order valence-corrected chi connectivity index (χ1v) is 13.9. The molecule has 3 heterocycles. The molecule has 0 spiro atoms. The van der Waals surface area contributed by atoms with Gasteiger partial charge in [-0.2, -0.15) is 0 Å². The molecule has 0 saturated carbocycles. The van der Waals surface area contributed by atoms with E-state index in [1.54, 1.807) is 17.0 Å². The van der Waals surface area contributed by atoms with E-state index in [1.165, 1.54) is 58.2 Å². The van der Waals surface area contributed by atoms with Gasteiger partial charge in [0.2, 0.25) is 0 Å². The molecule has 15 heteroatoms. The van der Waals surface area contributed by atoms with Gasteiger partial charge in [-0.25, -0.2) is 23.9 Å². The van der Waals surface area contributed by atoms with Crippen LogP contribution in [-0.2, 0) is 0 Å². The number of aromatic carboxylic acids is 2. The molecular weight excluding hydrogens is 584 g/mol. The zero-order chi connectivity index (χ0) is 32.2. The number of amides is 1. The number of nitrogens with zero attached hydrogens (tertiary/aromatic N) is 8. The van der Waals surface area contributed by atoms with Crippen LogP contribution in [0.15, 0.2) is 60.9 Å². The van der Waals surface area contributed by atoms with Crippen LogP contribution in [0.4, 0.5) is 0 Å². The number of rotatable bonds is 11. The summed E-state index contributed by atoms with van der Waals surface area (Å²) < 4.78 is 2.39. The zero-order valence-corrected chi connectivity index (χ0v) is 24.2. The van der Waals surface area contributed by atoms with E-state index in [0.29, 0.717) is 13.1 Å². The minimum absolute atomic E-state index is 0.0736. The van der Waals surface area contributed by atoms with Crippen molar-refractivity contribution in [2.24, 2.45) is 0 Å². The molecule has 0 saturated heterocycles. The van der Waals surface area contributed by atoms with E-state index in [4.69, 9.17) is 0 Å². The van der Waals surface area contributed by atoms with Crippen LogP contribution < -0.4 is 0 Å². The molecule has 5 aromatic rings. The van der Waals surface area contributed by atoms with Crippen LogP contribution in [0.5, 0.6) is 11.5 Å². The Morgan fingerprint density at radius 2 is 1.16 bits per heavy atom. The minimum Gasteiger partial charge on any atom is -0.505 e. The molecule has 15 nitrogen and oxygen atoms in total. The second-order valence-corrected chi connectivity index (χ2v) is 9.97. The molecule has 230 valence electrons. The Balaban J connectivity index is 1.61. The van der Waals surface area contributed by atoms with Gasteiger partial charge in [-0.1, -0.05) is 36.4 Å². The topological polar surface area (TPSA) is 210 Å². The lowest BCUT2D eigenvalue weighted by Gasteiger charge is -2.22. The van der Waals surface area contributed by atoms with Crippen molar-refractivity contribution in [1.29, 1.82) is 0 Å². The Hall–Kier alpha value is -6.12. The van der Waals surface area contributed by atoms with Crippen molar-refractivity contribution < 1.29 is 34.8 Å².